The Morgan fingerprint density at radius 1 is 1.13 bits per heavy atom. The number of hydrogen-bond donors (Lipinski definition) is 0. The van der Waals surface area contributed by atoms with Crippen LogP contribution in [-0.2, 0) is 19.6 Å². The first kappa shape index (κ1) is 20.9. The molecule has 0 bridgehead atoms. The normalized spacial score (nSPS) is 28.7. The number of sulfonamides is 1. The predicted molar refractivity (Wildman–Crippen MR) is 114 cm³/mol. The van der Waals surface area contributed by atoms with Crippen molar-refractivity contribution < 1.29 is 27.5 Å². The lowest BCUT2D eigenvalue weighted by molar-refractivity contribution is -0.144. The molecule has 0 radical (unpaired) electrons. The van der Waals surface area contributed by atoms with Gasteiger partial charge in [-0.05, 0) is 25.5 Å². The number of ether oxygens (including phenoxy) is 2. The summed E-state index contributed by atoms with van der Waals surface area (Å²) in [6, 6.07) is 4.18. The van der Waals surface area contributed by atoms with Crippen LogP contribution in [0, 0.1) is 0 Å². The van der Waals surface area contributed by atoms with Gasteiger partial charge in [-0.15, -0.1) is 11.8 Å². The molecule has 0 spiro atoms. The zero-order valence-electron chi connectivity index (χ0n) is 17.3. The molecule has 3 saturated heterocycles. The number of fused-ring (bicyclic) bond motifs is 2. The number of carbonyl (C=O) groups is 2. The van der Waals surface area contributed by atoms with Crippen molar-refractivity contribution in [2.75, 3.05) is 45.1 Å². The molecule has 168 valence electrons. The van der Waals surface area contributed by atoms with E-state index in [1.807, 2.05) is 6.92 Å². The molecule has 2 unspecified atom stereocenters. The second-order valence-electron chi connectivity index (χ2n) is 8.30. The van der Waals surface area contributed by atoms with Crippen molar-refractivity contribution in [3.8, 4) is 11.5 Å². The first-order valence-electron chi connectivity index (χ1n) is 10.4. The molecule has 2 atom stereocenters. The van der Waals surface area contributed by atoms with E-state index in [0.29, 0.717) is 50.0 Å². The highest BCUT2D eigenvalue weighted by atomic mass is 32.2. The fourth-order valence-corrected chi connectivity index (χ4v) is 7.56. The summed E-state index contributed by atoms with van der Waals surface area (Å²) >= 11 is 1.66. The molecule has 1 aromatic rings. The van der Waals surface area contributed by atoms with Gasteiger partial charge in [0.2, 0.25) is 21.8 Å². The molecule has 3 fully saturated rings. The van der Waals surface area contributed by atoms with Crippen LogP contribution in [0.1, 0.15) is 19.8 Å². The number of thioether (sulfide) groups is 1. The topological polar surface area (TPSA) is 96.5 Å². The van der Waals surface area contributed by atoms with Crippen LogP contribution in [0.15, 0.2) is 23.1 Å². The van der Waals surface area contributed by atoms with E-state index in [1.165, 1.54) is 16.4 Å². The fourth-order valence-electron chi connectivity index (χ4n) is 4.70. The van der Waals surface area contributed by atoms with Crippen LogP contribution in [0.2, 0.25) is 0 Å². The Morgan fingerprint density at radius 2 is 1.84 bits per heavy atom. The molecule has 4 aliphatic heterocycles. The number of carbonyl (C=O) groups excluding carboxylic acids is 2. The first-order valence-corrected chi connectivity index (χ1v) is 12.9. The third-order valence-electron chi connectivity index (χ3n) is 6.43. The van der Waals surface area contributed by atoms with Crippen molar-refractivity contribution in [3.63, 3.8) is 0 Å². The monoisotopic (exact) mass is 467 g/mol. The van der Waals surface area contributed by atoms with E-state index in [2.05, 4.69) is 0 Å². The average molecular weight is 468 g/mol. The lowest BCUT2D eigenvalue weighted by Crippen LogP contribution is -2.56. The molecule has 4 aliphatic rings. The minimum absolute atomic E-state index is 0.0330. The minimum Gasteiger partial charge on any atom is -0.486 e. The summed E-state index contributed by atoms with van der Waals surface area (Å²) in [5.74, 6) is 1.52. The largest absolute Gasteiger partial charge is 0.486 e. The van der Waals surface area contributed by atoms with Crippen molar-refractivity contribution in [3.05, 3.63) is 18.2 Å². The van der Waals surface area contributed by atoms with Crippen LogP contribution < -0.4 is 9.47 Å². The maximum Gasteiger partial charge on any atom is 0.246 e. The van der Waals surface area contributed by atoms with Crippen molar-refractivity contribution >= 4 is 33.6 Å². The first-order chi connectivity index (χ1) is 14.8. The summed E-state index contributed by atoms with van der Waals surface area (Å²) in [6.07, 6.45) is 1.25. The van der Waals surface area contributed by atoms with Gasteiger partial charge in [-0.25, -0.2) is 8.42 Å². The quantitative estimate of drug-likeness (QED) is 0.647. The highest BCUT2D eigenvalue weighted by molar-refractivity contribution is 8.01. The second kappa shape index (κ2) is 7.56. The van der Waals surface area contributed by atoms with Gasteiger partial charge in [0.1, 0.15) is 19.3 Å². The SMILES string of the molecule is CC12CCC(=O)N1C(C(=O)N1CCN(S(=O)(=O)c3ccc4c(c3)OCCO4)CC1)CS2. The molecular formula is C20H25N3O6S2. The molecule has 11 heteroatoms. The molecule has 1 aromatic carbocycles. The second-order valence-corrected chi connectivity index (χ2v) is 11.7. The van der Waals surface area contributed by atoms with Gasteiger partial charge in [0, 0.05) is 44.4 Å². The van der Waals surface area contributed by atoms with Gasteiger partial charge in [0.25, 0.3) is 0 Å². The molecule has 31 heavy (non-hydrogen) atoms. The van der Waals surface area contributed by atoms with Gasteiger partial charge in [0.15, 0.2) is 11.5 Å². The van der Waals surface area contributed by atoms with E-state index in [4.69, 9.17) is 9.47 Å². The van der Waals surface area contributed by atoms with Crippen LogP contribution in [-0.4, -0.2) is 90.4 Å². The van der Waals surface area contributed by atoms with E-state index >= 15 is 0 Å². The Hall–Kier alpha value is -1.98. The highest BCUT2D eigenvalue weighted by Gasteiger charge is 2.53. The third-order valence-corrected chi connectivity index (χ3v) is 9.83. The number of rotatable bonds is 3. The lowest BCUT2D eigenvalue weighted by Gasteiger charge is -2.37. The van der Waals surface area contributed by atoms with Gasteiger partial charge < -0.3 is 19.3 Å². The van der Waals surface area contributed by atoms with Gasteiger partial charge in [0.05, 0.1) is 9.77 Å². The summed E-state index contributed by atoms with van der Waals surface area (Å²) in [4.78, 5) is 28.8. The summed E-state index contributed by atoms with van der Waals surface area (Å²) in [5.41, 5.74) is 0. The molecule has 0 saturated carbocycles. The van der Waals surface area contributed by atoms with E-state index in [1.54, 1.807) is 27.6 Å². The van der Waals surface area contributed by atoms with Crippen molar-refractivity contribution in [1.82, 2.24) is 14.1 Å². The van der Waals surface area contributed by atoms with Gasteiger partial charge in [-0.3, -0.25) is 9.59 Å². The van der Waals surface area contributed by atoms with Crippen LogP contribution in [0.3, 0.4) is 0 Å². The number of benzene rings is 1. The van der Waals surface area contributed by atoms with Crippen molar-refractivity contribution in [2.24, 2.45) is 0 Å². The van der Waals surface area contributed by atoms with Crippen LogP contribution in [0.25, 0.3) is 0 Å². The number of amides is 2. The zero-order valence-corrected chi connectivity index (χ0v) is 18.9. The van der Waals surface area contributed by atoms with E-state index in [-0.39, 0.29) is 34.7 Å². The summed E-state index contributed by atoms with van der Waals surface area (Å²) in [5, 5.41) is 0. The van der Waals surface area contributed by atoms with Crippen LogP contribution >= 0.6 is 11.8 Å². The summed E-state index contributed by atoms with van der Waals surface area (Å²) in [6.45, 7) is 3.89. The Morgan fingerprint density at radius 3 is 2.58 bits per heavy atom. The van der Waals surface area contributed by atoms with Gasteiger partial charge in [-0.1, -0.05) is 0 Å². The van der Waals surface area contributed by atoms with Gasteiger partial charge in [-0.2, -0.15) is 4.31 Å². The lowest BCUT2D eigenvalue weighted by atomic mass is 10.2. The molecule has 0 N–H and O–H groups in total. The van der Waals surface area contributed by atoms with Crippen molar-refractivity contribution in [1.29, 1.82) is 0 Å². The van der Waals surface area contributed by atoms with Crippen LogP contribution in [0.5, 0.6) is 11.5 Å². The molecule has 2 amide bonds. The molecule has 4 heterocycles. The van der Waals surface area contributed by atoms with Gasteiger partial charge >= 0.3 is 0 Å². The molecule has 0 aromatic heterocycles. The maximum atomic E-state index is 13.1. The maximum absolute atomic E-state index is 13.1. The fraction of sp³-hybridized carbons (Fsp3) is 0.600. The minimum atomic E-state index is -3.71. The molecule has 0 aliphatic carbocycles. The Bertz CT molecular complexity index is 1020. The third kappa shape index (κ3) is 3.46. The standard InChI is InChI=1S/C20H25N3O6S2/c1-20-5-4-18(24)23(20)15(13-30-20)19(25)21-6-8-22(9-7-21)31(26,27)14-2-3-16-17(12-14)29-11-10-28-16/h2-3,12,15H,4-11,13H2,1H3. The summed E-state index contributed by atoms with van der Waals surface area (Å²) in [7, 11) is -3.71. The Labute approximate surface area is 185 Å². The van der Waals surface area contributed by atoms with Crippen molar-refractivity contribution in [2.45, 2.75) is 35.6 Å². The molecular weight excluding hydrogens is 442 g/mol. The highest BCUT2D eigenvalue weighted by Crippen LogP contribution is 2.47. The number of nitrogens with zero attached hydrogens (tertiary/aromatic N) is 3. The predicted octanol–water partition coefficient (Wildman–Crippen LogP) is 0.745. The Balaban J connectivity index is 1.26. The van der Waals surface area contributed by atoms with E-state index in [0.717, 1.165) is 6.42 Å². The van der Waals surface area contributed by atoms with E-state index in [9.17, 15) is 18.0 Å². The molecule has 5 rings (SSSR count). The Kier molecular flexibility index (Phi) is 5.10. The number of piperazine rings is 1. The van der Waals surface area contributed by atoms with Crippen LogP contribution in [0.4, 0.5) is 0 Å². The average Bonchev–Trinajstić information content (AvgIpc) is 3.28. The molecule has 9 nitrogen and oxygen atoms in total. The zero-order chi connectivity index (χ0) is 21.8. The number of hydrogen-bond acceptors (Lipinski definition) is 7. The van der Waals surface area contributed by atoms with E-state index < -0.39 is 16.1 Å². The smallest absolute Gasteiger partial charge is 0.246 e. The summed E-state index contributed by atoms with van der Waals surface area (Å²) < 4.78 is 38.6.